The third-order valence-electron chi connectivity index (χ3n) is 4.84. The van der Waals surface area contributed by atoms with E-state index in [1.807, 2.05) is 30.3 Å². The largest absolute Gasteiger partial charge is 0.351 e. The summed E-state index contributed by atoms with van der Waals surface area (Å²) in [4.78, 5) is 12.6. The molecule has 1 amide bonds. The quantitative estimate of drug-likeness (QED) is 0.888. The Balaban J connectivity index is 0.00000242. The van der Waals surface area contributed by atoms with Gasteiger partial charge in [-0.05, 0) is 37.2 Å². The molecule has 0 saturated heterocycles. The van der Waals surface area contributed by atoms with Crippen LogP contribution in [0.4, 0.5) is 0 Å². The lowest BCUT2D eigenvalue weighted by molar-refractivity contribution is -0.127. The molecule has 0 bridgehead atoms. The predicted octanol–water partition coefficient (Wildman–Crippen LogP) is 3.61. The van der Waals surface area contributed by atoms with Gasteiger partial charge < -0.3 is 11.1 Å². The first-order chi connectivity index (χ1) is 9.91. The second-order valence-corrected chi connectivity index (χ2v) is 6.91. The van der Waals surface area contributed by atoms with Crippen LogP contribution in [-0.2, 0) is 10.3 Å². The minimum Gasteiger partial charge on any atom is -0.351 e. The number of nitrogens with two attached hydrogens (primary N) is 1. The molecule has 4 heteroatoms. The summed E-state index contributed by atoms with van der Waals surface area (Å²) in [6.45, 7) is 6.33. The number of carbonyl (C=O) groups excluding carboxylic acids is 1. The fourth-order valence-corrected chi connectivity index (χ4v) is 3.21. The molecule has 2 rings (SSSR count). The molecule has 3 nitrogen and oxygen atoms in total. The number of amides is 1. The van der Waals surface area contributed by atoms with Gasteiger partial charge >= 0.3 is 0 Å². The molecular weight excluding hydrogens is 296 g/mol. The standard InChI is InChI=1S/C18H28N2O.ClH/c1-13(2)14-8-7-11-16(12-14)20-17(21)18(3,19)15-9-5-4-6-10-15;/h4-6,9-10,13-14,16H,7-8,11-12,19H2,1-3H3,(H,20,21);1H. The molecular formula is C18H29ClN2O. The zero-order chi connectivity index (χ0) is 15.5. The average Bonchev–Trinajstić information content (AvgIpc) is 2.48. The number of rotatable bonds is 4. The summed E-state index contributed by atoms with van der Waals surface area (Å²) in [5.41, 5.74) is 6.17. The Kier molecular flexibility index (Phi) is 6.89. The van der Waals surface area contributed by atoms with E-state index in [2.05, 4.69) is 19.2 Å². The Morgan fingerprint density at radius 2 is 1.91 bits per heavy atom. The number of benzene rings is 1. The van der Waals surface area contributed by atoms with E-state index in [-0.39, 0.29) is 24.4 Å². The zero-order valence-corrected chi connectivity index (χ0v) is 14.7. The van der Waals surface area contributed by atoms with Gasteiger partial charge in [0.05, 0.1) is 0 Å². The maximum absolute atomic E-state index is 12.6. The minimum absolute atomic E-state index is 0. The predicted molar refractivity (Wildman–Crippen MR) is 94.0 cm³/mol. The lowest BCUT2D eigenvalue weighted by Gasteiger charge is -2.34. The highest BCUT2D eigenvalue weighted by Gasteiger charge is 2.33. The van der Waals surface area contributed by atoms with Crippen molar-refractivity contribution in [1.82, 2.24) is 5.32 Å². The van der Waals surface area contributed by atoms with Gasteiger partial charge in [-0.1, -0.05) is 57.0 Å². The van der Waals surface area contributed by atoms with Crippen molar-refractivity contribution in [3.63, 3.8) is 0 Å². The maximum atomic E-state index is 12.6. The van der Waals surface area contributed by atoms with Crippen LogP contribution >= 0.6 is 12.4 Å². The Morgan fingerprint density at radius 3 is 2.50 bits per heavy atom. The average molecular weight is 325 g/mol. The topological polar surface area (TPSA) is 55.1 Å². The molecule has 1 saturated carbocycles. The van der Waals surface area contributed by atoms with Gasteiger partial charge in [0.2, 0.25) is 5.91 Å². The molecule has 3 atom stereocenters. The molecule has 1 aliphatic rings. The second-order valence-electron chi connectivity index (χ2n) is 6.91. The highest BCUT2D eigenvalue weighted by Crippen LogP contribution is 2.30. The van der Waals surface area contributed by atoms with Crippen molar-refractivity contribution in [3.8, 4) is 0 Å². The van der Waals surface area contributed by atoms with E-state index >= 15 is 0 Å². The molecule has 0 aromatic heterocycles. The molecule has 1 aromatic carbocycles. The van der Waals surface area contributed by atoms with Crippen LogP contribution in [-0.4, -0.2) is 11.9 Å². The van der Waals surface area contributed by atoms with Crippen LogP contribution in [0.15, 0.2) is 30.3 Å². The van der Waals surface area contributed by atoms with E-state index in [0.29, 0.717) is 11.8 Å². The van der Waals surface area contributed by atoms with Gasteiger partial charge in [0, 0.05) is 6.04 Å². The molecule has 124 valence electrons. The summed E-state index contributed by atoms with van der Waals surface area (Å²) in [5.74, 6) is 1.33. The van der Waals surface area contributed by atoms with Crippen molar-refractivity contribution in [3.05, 3.63) is 35.9 Å². The first kappa shape index (κ1) is 19.0. The van der Waals surface area contributed by atoms with Crippen molar-refractivity contribution in [2.45, 2.75) is 58.0 Å². The van der Waals surface area contributed by atoms with E-state index in [9.17, 15) is 4.79 Å². The van der Waals surface area contributed by atoms with Gasteiger partial charge in [0.25, 0.3) is 0 Å². The summed E-state index contributed by atoms with van der Waals surface area (Å²) < 4.78 is 0. The van der Waals surface area contributed by atoms with Crippen LogP contribution in [0, 0.1) is 11.8 Å². The van der Waals surface area contributed by atoms with Crippen LogP contribution in [0.1, 0.15) is 52.0 Å². The Morgan fingerprint density at radius 1 is 1.27 bits per heavy atom. The molecule has 0 spiro atoms. The van der Waals surface area contributed by atoms with Gasteiger partial charge in [-0.3, -0.25) is 4.79 Å². The fourth-order valence-electron chi connectivity index (χ4n) is 3.21. The van der Waals surface area contributed by atoms with E-state index in [1.54, 1.807) is 6.92 Å². The minimum atomic E-state index is -0.966. The summed E-state index contributed by atoms with van der Waals surface area (Å²) in [7, 11) is 0. The molecule has 1 fully saturated rings. The van der Waals surface area contributed by atoms with E-state index in [0.717, 1.165) is 18.4 Å². The van der Waals surface area contributed by atoms with Crippen LogP contribution in [0.5, 0.6) is 0 Å². The van der Waals surface area contributed by atoms with Crippen LogP contribution < -0.4 is 11.1 Å². The fraction of sp³-hybridized carbons (Fsp3) is 0.611. The monoisotopic (exact) mass is 324 g/mol. The smallest absolute Gasteiger partial charge is 0.244 e. The van der Waals surface area contributed by atoms with Gasteiger partial charge in [-0.25, -0.2) is 0 Å². The van der Waals surface area contributed by atoms with Crippen LogP contribution in [0.3, 0.4) is 0 Å². The van der Waals surface area contributed by atoms with Gasteiger partial charge in [0.1, 0.15) is 5.54 Å². The van der Waals surface area contributed by atoms with Gasteiger partial charge in [-0.2, -0.15) is 0 Å². The summed E-state index contributed by atoms with van der Waals surface area (Å²) in [5, 5.41) is 3.18. The van der Waals surface area contributed by atoms with Crippen molar-refractivity contribution in [1.29, 1.82) is 0 Å². The summed E-state index contributed by atoms with van der Waals surface area (Å²) in [6.07, 6.45) is 4.62. The van der Waals surface area contributed by atoms with Gasteiger partial charge in [0.15, 0.2) is 0 Å². The third-order valence-corrected chi connectivity index (χ3v) is 4.84. The van der Waals surface area contributed by atoms with Crippen molar-refractivity contribution in [2.24, 2.45) is 17.6 Å². The Hall–Kier alpha value is -1.06. The van der Waals surface area contributed by atoms with Crippen LogP contribution in [0.25, 0.3) is 0 Å². The molecule has 22 heavy (non-hydrogen) atoms. The molecule has 0 radical (unpaired) electrons. The Labute approximate surface area is 140 Å². The Bertz CT molecular complexity index is 473. The van der Waals surface area contributed by atoms with E-state index < -0.39 is 5.54 Å². The molecule has 1 aliphatic carbocycles. The normalized spacial score (nSPS) is 24.2. The molecule has 0 heterocycles. The number of halogens is 1. The van der Waals surface area contributed by atoms with Crippen LogP contribution in [0.2, 0.25) is 0 Å². The lowest BCUT2D eigenvalue weighted by Crippen LogP contribution is -2.52. The number of nitrogens with one attached hydrogen (secondary N) is 1. The zero-order valence-electron chi connectivity index (χ0n) is 13.8. The number of hydrogen-bond acceptors (Lipinski definition) is 2. The maximum Gasteiger partial charge on any atom is 0.244 e. The highest BCUT2D eigenvalue weighted by atomic mass is 35.5. The van der Waals surface area contributed by atoms with Gasteiger partial charge in [-0.15, -0.1) is 12.4 Å². The first-order valence-electron chi connectivity index (χ1n) is 8.06. The number of hydrogen-bond donors (Lipinski definition) is 2. The molecule has 1 aromatic rings. The van der Waals surface area contributed by atoms with Crippen molar-refractivity contribution >= 4 is 18.3 Å². The second kappa shape index (κ2) is 7.98. The first-order valence-corrected chi connectivity index (χ1v) is 8.06. The van der Waals surface area contributed by atoms with E-state index in [4.69, 9.17) is 5.73 Å². The highest BCUT2D eigenvalue weighted by molar-refractivity contribution is 5.87. The summed E-state index contributed by atoms with van der Waals surface area (Å²) >= 11 is 0. The van der Waals surface area contributed by atoms with Crippen molar-refractivity contribution < 1.29 is 4.79 Å². The molecule has 0 aliphatic heterocycles. The SMILES string of the molecule is CC(C)C1CCCC(NC(=O)C(C)(N)c2ccccc2)C1.Cl. The summed E-state index contributed by atoms with van der Waals surface area (Å²) in [6, 6.07) is 9.87. The number of carbonyl (C=O) groups is 1. The lowest BCUT2D eigenvalue weighted by atomic mass is 9.79. The van der Waals surface area contributed by atoms with E-state index in [1.165, 1.54) is 12.8 Å². The molecule has 3 N–H and O–H groups in total. The van der Waals surface area contributed by atoms with Crippen molar-refractivity contribution in [2.75, 3.05) is 0 Å². The third kappa shape index (κ3) is 4.47. The molecule has 3 unspecified atom stereocenters.